The average Bonchev–Trinajstić information content (AvgIpc) is 2.41. The van der Waals surface area contributed by atoms with E-state index < -0.39 is 5.97 Å². The molecule has 0 aliphatic carbocycles. The van der Waals surface area contributed by atoms with Crippen LogP contribution in [0.15, 0.2) is 12.1 Å². The van der Waals surface area contributed by atoms with Crippen LogP contribution in [-0.2, 0) is 0 Å². The quantitative estimate of drug-likeness (QED) is 0.823. The van der Waals surface area contributed by atoms with Crippen molar-refractivity contribution in [1.82, 2.24) is 0 Å². The minimum absolute atomic E-state index is 0.196. The van der Waals surface area contributed by atoms with E-state index in [0.717, 1.165) is 18.8 Å². The van der Waals surface area contributed by atoms with Crippen molar-refractivity contribution in [3.8, 4) is 11.5 Å². The van der Waals surface area contributed by atoms with E-state index >= 15 is 0 Å². The molecule has 1 rings (SSSR count). The molecular weight excluding hydrogens is 246 g/mol. The van der Waals surface area contributed by atoms with Crippen molar-refractivity contribution in [2.75, 3.05) is 31.7 Å². The molecule has 0 fully saturated rings. The van der Waals surface area contributed by atoms with E-state index in [1.54, 1.807) is 6.07 Å². The molecule has 5 heteroatoms. The maximum atomic E-state index is 11.2. The molecule has 0 aliphatic rings. The Labute approximate surface area is 113 Å². The number of rotatable bonds is 7. The first-order valence-electron chi connectivity index (χ1n) is 6.41. The third kappa shape index (κ3) is 3.30. The Morgan fingerprint density at radius 2 is 1.89 bits per heavy atom. The van der Waals surface area contributed by atoms with Gasteiger partial charge < -0.3 is 19.5 Å². The van der Waals surface area contributed by atoms with E-state index in [4.69, 9.17) is 14.6 Å². The SMILES string of the molecule is CCOc1c(OC)cc(C(=O)O)cc1N(CC)CC. The van der Waals surface area contributed by atoms with Crippen molar-refractivity contribution in [1.29, 1.82) is 0 Å². The van der Waals surface area contributed by atoms with Gasteiger partial charge in [-0.25, -0.2) is 4.79 Å². The standard InChI is InChI=1S/C14H21NO4/c1-5-15(6-2)11-8-10(14(16)17)9-12(18-4)13(11)19-7-3/h8-9H,5-7H2,1-4H3,(H,16,17). The number of hydrogen-bond donors (Lipinski definition) is 1. The third-order valence-corrected chi connectivity index (χ3v) is 2.89. The van der Waals surface area contributed by atoms with Crippen LogP contribution in [0, 0.1) is 0 Å². The fraction of sp³-hybridized carbons (Fsp3) is 0.500. The maximum Gasteiger partial charge on any atom is 0.335 e. The van der Waals surface area contributed by atoms with E-state index in [-0.39, 0.29) is 5.56 Å². The summed E-state index contributed by atoms with van der Waals surface area (Å²) in [5.41, 5.74) is 0.950. The molecule has 0 heterocycles. The highest BCUT2D eigenvalue weighted by Gasteiger charge is 2.19. The van der Waals surface area contributed by atoms with Crippen LogP contribution in [0.25, 0.3) is 0 Å². The molecule has 0 unspecified atom stereocenters. The van der Waals surface area contributed by atoms with Crippen LogP contribution < -0.4 is 14.4 Å². The number of carboxylic acids is 1. The lowest BCUT2D eigenvalue weighted by Gasteiger charge is -2.25. The van der Waals surface area contributed by atoms with Crippen LogP contribution in [0.5, 0.6) is 11.5 Å². The summed E-state index contributed by atoms with van der Waals surface area (Å²) in [6.07, 6.45) is 0. The number of aromatic carboxylic acids is 1. The zero-order valence-electron chi connectivity index (χ0n) is 11.9. The Morgan fingerprint density at radius 3 is 2.32 bits per heavy atom. The highest BCUT2D eigenvalue weighted by molar-refractivity contribution is 5.91. The van der Waals surface area contributed by atoms with Crippen LogP contribution >= 0.6 is 0 Å². The van der Waals surface area contributed by atoms with Gasteiger partial charge in [0.15, 0.2) is 11.5 Å². The molecule has 0 aliphatic heterocycles. The van der Waals surface area contributed by atoms with Crippen molar-refractivity contribution in [2.24, 2.45) is 0 Å². The Balaban J connectivity index is 3.43. The molecule has 5 nitrogen and oxygen atoms in total. The minimum Gasteiger partial charge on any atom is -0.493 e. The van der Waals surface area contributed by atoms with Gasteiger partial charge in [-0.1, -0.05) is 0 Å². The molecule has 0 bridgehead atoms. The number of ether oxygens (including phenoxy) is 2. The predicted molar refractivity (Wildman–Crippen MR) is 74.7 cm³/mol. The summed E-state index contributed by atoms with van der Waals surface area (Å²) in [5, 5.41) is 9.16. The van der Waals surface area contributed by atoms with Gasteiger partial charge in [-0.3, -0.25) is 0 Å². The van der Waals surface area contributed by atoms with Gasteiger partial charge in [-0.05, 0) is 32.9 Å². The highest BCUT2D eigenvalue weighted by atomic mass is 16.5. The van der Waals surface area contributed by atoms with Crippen molar-refractivity contribution < 1.29 is 19.4 Å². The smallest absolute Gasteiger partial charge is 0.335 e. The van der Waals surface area contributed by atoms with Gasteiger partial charge in [0.2, 0.25) is 0 Å². The number of hydrogen-bond acceptors (Lipinski definition) is 4. The van der Waals surface area contributed by atoms with Gasteiger partial charge in [-0.15, -0.1) is 0 Å². The number of nitrogens with zero attached hydrogens (tertiary/aromatic N) is 1. The second-order valence-corrected chi connectivity index (χ2v) is 3.94. The molecule has 19 heavy (non-hydrogen) atoms. The lowest BCUT2D eigenvalue weighted by atomic mass is 10.1. The van der Waals surface area contributed by atoms with E-state index in [2.05, 4.69) is 0 Å². The number of methoxy groups -OCH3 is 1. The first-order chi connectivity index (χ1) is 9.08. The fourth-order valence-corrected chi connectivity index (χ4v) is 1.95. The van der Waals surface area contributed by atoms with Gasteiger partial charge in [0, 0.05) is 13.1 Å². The number of carbonyl (C=O) groups is 1. The second-order valence-electron chi connectivity index (χ2n) is 3.94. The third-order valence-electron chi connectivity index (χ3n) is 2.89. The van der Waals surface area contributed by atoms with Crippen LogP contribution in [0.2, 0.25) is 0 Å². The largest absolute Gasteiger partial charge is 0.493 e. The minimum atomic E-state index is -0.977. The summed E-state index contributed by atoms with van der Waals surface area (Å²) in [6.45, 7) is 7.94. The lowest BCUT2D eigenvalue weighted by Crippen LogP contribution is -2.23. The molecule has 106 valence electrons. The molecule has 0 saturated heterocycles. The summed E-state index contributed by atoms with van der Waals surface area (Å²) in [7, 11) is 1.51. The normalized spacial score (nSPS) is 10.1. The van der Waals surface area contributed by atoms with Crippen LogP contribution in [0.3, 0.4) is 0 Å². The van der Waals surface area contributed by atoms with Gasteiger partial charge in [0.1, 0.15) is 0 Å². The molecule has 1 aromatic rings. The Kier molecular flexibility index (Phi) is 5.48. The highest BCUT2D eigenvalue weighted by Crippen LogP contribution is 2.39. The molecule has 0 saturated carbocycles. The maximum absolute atomic E-state index is 11.2. The van der Waals surface area contributed by atoms with E-state index in [1.165, 1.54) is 13.2 Å². The van der Waals surface area contributed by atoms with Crippen LogP contribution in [-0.4, -0.2) is 37.9 Å². The predicted octanol–water partition coefficient (Wildman–Crippen LogP) is 2.64. The molecular formula is C14H21NO4. The van der Waals surface area contributed by atoms with E-state index in [1.807, 2.05) is 25.7 Å². The summed E-state index contributed by atoms with van der Waals surface area (Å²) < 4.78 is 10.9. The first kappa shape index (κ1) is 15.1. The Bertz CT molecular complexity index is 441. The Morgan fingerprint density at radius 1 is 1.26 bits per heavy atom. The molecule has 1 N–H and O–H groups in total. The molecule has 0 spiro atoms. The zero-order chi connectivity index (χ0) is 14.4. The molecule has 0 amide bonds. The summed E-state index contributed by atoms with van der Waals surface area (Å²) in [6, 6.07) is 3.11. The van der Waals surface area contributed by atoms with Crippen LogP contribution in [0.4, 0.5) is 5.69 Å². The molecule has 0 aromatic heterocycles. The molecule has 0 atom stereocenters. The monoisotopic (exact) mass is 267 g/mol. The summed E-state index contributed by atoms with van der Waals surface area (Å²) in [5.74, 6) is 0.0668. The van der Waals surface area contributed by atoms with Crippen LogP contribution in [0.1, 0.15) is 31.1 Å². The van der Waals surface area contributed by atoms with Gasteiger partial charge in [0.25, 0.3) is 0 Å². The molecule has 0 radical (unpaired) electrons. The van der Waals surface area contributed by atoms with Gasteiger partial charge in [0.05, 0.1) is 25.0 Å². The van der Waals surface area contributed by atoms with E-state index in [9.17, 15) is 4.79 Å². The number of carboxylic acid groups (broad SMARTS) is 1. The van der Waals surface area contributed by atoms with E-state index in [0.29, 0.717) is 18.1 Å². The van der Waals surface area contributed by atoms with Gasteiger partial charge >= 0.3 is 5.97 Å². The van der Waals surface area contributed by atoms with Crippen molar-refractivity contribution in [3.63, 3.8) is 0 Å². The van der Waals surface area contributed by atoms with Crippen molar-refractivity contribution >= 4 is 11.7 Å². The second kappa shape index (κ2) is 6.87. The topological polar surface area (TPSA) is 59.0 Å². The summed E-state index contributed by atoms with van der Waals surface area (Å²) >= 11 is 0. The zero-order valence-corrected chi connectivity index (χ0v) is 11.9. The Hall–Kier alpha value is -1.91. The molecule has 1 aromatic carbocycles. The summed E-state index contributed by atoms with van der Waals surface area (Å²) in [4.78, 5) is 13.2. The fourth-order valence-electron chi connectivity index (χ4n) is 1.95. The number of benzene rings is 1. The number of anilines is 1. The van der Waals surface area contributed by atoms with Crippen molar-refractivity contribution in [3.05, 3.63) is 17.7 Å². The van der Waals surface area contributed by atoms with Gasteiger partial charge in [-0.2, -0.15) is 0 Å². The van der Waals surface area contributed by atoms with Crippen molar-refractivity contribution in [2.45, 2.75) is 20.8 Å². The first-order valence-corrected chi connectivity index (χ1v) is 6.41. The lowest BCUT2D eigenvalue weighted by molar-refractivity contribution is 0.0696. The average molecular weight is 267 g/mol.